The molecule has 0 amide bonds. The van der Waals surface area contributed by atoms with Crippen molar-refractivity contribution < 1.29 is 14.6 Å². The van der Waals surface area contributed by atoms with Crippen molar-refractivity contribution in [1.29, 1.82) is 0 Å². The van der Waals surface area contributed by atoms with Crippen LogP contribution in [0.4, 0.5) is 0 Å². The summed E-state index contributed by atoms with van der Waals surface area (Å²) in [6.07, 6.45) is 0.742. The molecule has 0 aromatic carbocycles. The van der Waals surface area contributed by atoms with E-state index in [0.717, 1.165) is 0 Å². The fourth-order valence-corrected chi connectivity index (χ4v) is 2.86. The van der Waals surface area contributed by atoms with Crippen LogP contribution in [0.15, 0.2) is 0 Å². The molecule has 0 saturated carbocycles. The number of aliphatic hydroxyl groups is 1. The molecule has 1 fully saturated rings. The molecule has 0 spiro atoms. The van der Waals surface area contributed by atoms with E-state index in [9.17, 15) is 9.90 Å². The maximum Gasteiger partial charge on any atom is 0.337 e. The lowest BCUT2D eigenvalue weighted by Crippen LogP contribution is -2.65. The summed E-state index contributed by atoms with van der Waals surface area (Å²) in [5.41, 5.74) is -1.91. The summed E-state index contributed by atoms with van der Waals surface area (Å²) < 4.78 is 4.66. The third kappa shape index (κ3) is 3.34. The number of hydrogen-bond acceptors (Lipinski definition) is 4. The molecular formula is C11H22ClNO3. The highest BCUT2D eigenvalue weighted by atomic mass is 35.5. The van der Waals surface area contributed by atoms with Gasteiger partial charge in [0, 0.05) is 23.9 Å². The summed E-state index contributed by atoms with van der Waals surface area (Å²) in [4.78, 5) is 11.6. The smallest absolute Gasteiger partial charge is 0.337 e. The van der Waals surface area contributed by atoms with E-state index < -0.39 is 11.6 Å². The third-order valence-electron chi connectivity index (χ3n) is 2.71. The number of methoxy groups -OCH3 is 1. The molecule has 0 bridgehead atoms. The van der Waals surface area contributed by atoms with Crippen LogP contribution in [-0.4, -0.2) is 34.9 Å². The van der Waals surface area contributed by atoms with Crippen molar-refractivity contribution in [2.75, 3.05) is 7.11 Å². The number of nitrogens with one attached hydrogen (secondary N) is 1. The summed E-state index contributed by atoms with van der Waals surface area (Å²) in [5, 5.41) is 13.7. The van der Waals surface area contributed by atoms with Crippen LogP contribution in [0.2, 0.25) is 0 Å². The van der Waals surface area contributed by atoms with Gasteiger partial charge in [-0.15, -0.1) is 12.4 Å². The van der Waals surface area contributed by atoms with E-state index in [1.165, 1.54) is 7.11 Å². The Morgan fingerprint density at radius 2 is 1.56 bits per heavy atom. The predicted molar refractivity (Wildman–Crippen MR) is 64.7 cm³/mol. The SMILES string of the molecule is COC(=O)C1(O)CC(C)(C)NC(C)(C)C1.Cl. The fraction of sp³-hybridized carbons (Fsp3) is 0.909. The Labute approximate surface area is 103 Å². The Kier molecular flexibility index (Phi) is 4.42. The molecule has 0 aromatic heterocycles. The highest BCUT2D eigenvalue weighted by Crippen LogP contribution is 2.36. The number of piperidine rings is 1. The first kappa shape index (κ1) is 15.7. The molecule has 16 heavy (non-hydrogen) atoms. The quantitative estimate of drug-likeness (QED) is 0.689. The van der Waals surface area contributed by atoms with E-state index in [2.05, 4.69) is 10.1 Å². The highest BCUT2D eigenvalue weighted by Gasteiger charge is 2.51. The van der Waals surface area contributed by atoms with Crippen molar-refractivity contribution in [1.82, 2.24) is 5.32 Å². The molecule has 0 aromatic rings. The van der Waals surface area contributed by atoms with Crippen molar-refractivity contribution in [2.24, 2.45) is 0 Å². The van der Waals surface area contributed by atoms with E-state index in [0.29, 0.717) is 12.8 Å². The van der Waals surface area contributed by atoms with Gasteiger partial charge in [0.15, 0.2) is 5.60 Å². The molecule has 0 aliphatic carbocycles. The number of ether oxygens (including phenoxy) is 1. The number of esters is 1. The minimum Gasteiger partial charge on any atom is -0.467 e. The lowest BCUT2D eigenvalue weighted by molar-refractivity contribution is -0.172. The molecule has 96 valence electrons. The van der Waals surface area contributed by atoms with Crippen molar-refractivity contribution in [3.05, 3.63) is 0 Å². The van der Waals surface area contributed by atoms with E-state index in [-0.39, 0.29) is 23.5 Å². The van der Waals surface area contributed by atoms with Crippen molar-refractivity contribution >= 4 is 18.4 Å². The molecule has 1 heterocycles. The molecular weight excluding hydrogens is 230 g/mol. The van der Waals surface area contributed by atoms with Gasteiger partial charge in [-0.3, -0.25) is 0 Å². The highest BCUT2D eigenvalue weighted by molar-refractivity contribution is 5.85. The lowest BCUT2D eigenvalue weighted by atomic mass is 9.73. The molecule has 1 aliphatic heterocycles. The van der Waals surface area contributed by atoms with E-state index in [1.807, 2.05) is 27.7 Å². The van der Waals surface area contributed by atoms with Crippen LogP contribution in [0.3, 0.4) is 0 Å². The molecule has 4 nitrogen and oxygen atoms in total. The van der Waals surface area contributed by atoms with Crippen LogP contribution in [0.1, 0.15) is 40.5 Å². The molecule has 1 aliphatic rings. The van der Waals surface area contributed by atoms with Crippen molar-refractivity contribution in [2.45, 2.75) is 57.2 Å². The molecule has 1 rings (SSSR count). The van der Waals surface area contributed by atoms with Gasteiger partial charge >= 0.3 is 5.97 Å². The first-order valence-corrected chi connectivity index (χ1v) is 5.20. The van der Waals surface area contributed by atoms with Gasteiger partial charge < -0.3 is 15.2 Å². The molecule has 2 N–H and O–H groups in total. The molecule has 1 saturated heterocycles. The zero-order valence-electron chi connectivity index (χ0n) is 10.6. The second-order valence-corrected chi connectivity index (χ2v) is 5.77. The van der Waals surface area contributed by atoms with E-state index in [4.69, 9.17) is 0 Å². The largest absolute Gasteiger partial charge is 0.467 e. The van der Waals surface area contributed by atoms with E-state index in [1.54, 1.807) is 0 Å². The second kappa shape index (κ2) is 4.51. The fourth-order valence-electron chi connectivity index (χ4n) is 2.86. The summed E-state index contributed by atoms with van der Waals surface area (Å²) >= 11 is 0. The monoisotopic (exact) mass is 251 g/mol. The van der Waals surface area contributed by atoms with Crippen molar-refractivity contribution in [3.8, 4) is 0 Å². The van der Waals surface area contributed by atoms with Gasteiger partial charge in [0.1, 0.15) is 0 Å². The Morgan fingerprint density at radius 1 is 1.19 bits per heavy atom. The van der Waals surface area contributed by atoms with Gasteiger partial charge in [-0.1, -0.05) is 0 Å². The van der Waals surface area contributed by atoms with Crippen LogP contribution < -0.4 is 5.32 Å². The first-order valence-electron chi connectivity index (χ1n) is 5.20. The maximum atomic E-state index is 11.6. The standard InChI is InChI=1S/C11H21NO3.ClH/c1-9(2)6-11(14,8(13)15-5)7-10(3,4)12-9;/h12,14H,6-7H2,1-5H3;1H. The first-order chi connectivity index (χ1) is 6.60. The van der Waals surface area contributed by atoms with Gasteiger partial charge in [-0.2, -0.15) is 0 Å². The summed E-state index contributed by atoms with van der Waals surface area (Å²) in [5.74, 6) is -0.537. The van der Waals surface area contributed by atoms with Gasteiger partial charge in [0.05, 0.1) is 7.11 Å². The summed E-state index contributed by atoms with van der Waals surface area (Å²) in [7, 11) is 1.31. The molecule has 0 atom stereocenters. The molecule has 0 unspecified atom stereocenters. The third-order valence-corrected chi connectivity index (χ3v) is 2.71. The average Bonchev–Trinajstić information content (AvgIpc) is 1.95. The predicted octanol–water partition coefficient (Wildman–Crippen LogP) is 1.25. The van der Waals surface area contributed by atoms with Gasteiger partial charge in [-0.05, 0) is 27.7 Å². The van der Waals surface area contributed by atoms with Crippen molar-refractivity contribution in [3.63, 3.8) is 0 Å². The maximum absolute atomic E-state index is 11.6. The topological polar surface area (TPSA) is 58.6 Å². The number of halogens is 1. The lowest BCUT2D eigenvalue weighted by Gasteiger charge is -2.49. The normalized spacial score (nSPS) is 25.4. The number of rotatable bonds is 1. The number of carbonyl (C=O) groups is 1. The molecule has 0 radical (unpaired) electrons. The van der Waals surface area contributed by atoms with Crippen LogP contribution >= 0.6 is 12.4 Å². The van der Waals surface area contributed by atoms with Crippen LogP contribution in [0, 0.1) is 0 Å². The van der Waals surface area contributed by atoms with Crippen LogP contribution in [0.5, 0.6) is 0 Å². The van der Waals surface area contributed by atoms with Gasteiger partial charge in [0.2, 0.25) is 0 Å². The second-order valence-electron chi connectivity index (χ2n) is 5.77. The summed E-state index contributed by atoms with van der Waals surface area (Å²) in [6.45, 7) is 7.90. The Balaban J connectivity index is 0.00000225. The Hall–Kier alpha value is -0.320. The minimum absolute atomic E-state index is 0. The number of hydrogen-bond donors (Lipinski definition) is 2. The van der Waals surface area contributed by atoms with E-state index >= 15 is 0 Å². The zero-order valence-corrected chi connectivity index (χ0v) is 11.4. The van der Waals surface area contributed by atoms with Crippen LogP contribution in [0.25, 0.3) is 0 Å². The molecule has 5 heteroatoms. The zero-order chi connectivity index (χ0) is 11.9. The number of carbonyl (C=O) groups excluding carboxylic acids is 1. The summed E-state index contributed by atoms with van der Waals surface area (Å²) in [6, 6.07) is 0. The average molecular weight is 252 g/mol. The minimum atomic E-state index is -1.37. The Bertz CT molecular complexity index is 260. The Morgan fingerprint density at radius 3 is 1.88 bits per heavy atom. The van der Waals surface area contributed by atoms with Gasteiger partial charge in [0.25, 0.3) is 0 Å². The van der Waals surface area contributed by atoms with Gasteiger partial charge in [-0.25, -0.2) is 4.79 Å². The van der Waals surface area contributed by atoms with Crippen LogP contribution in [-0.2, 0) is 9.53 Å².